The van der Waals surface area contributed by atoms with Gasteiger partial charge >= 0.3 is 5.97 Å². The maximum Gasteiger partial charge on any atom is 0.325 e. The van der Waals surface area contributed by atoms with E-state index in [1.165, 1.54) is 0 Å². The number of carbonyl (C=O) groups is 1. The van der Waals surface area contributed by atoms with Crippen LogP contribution in [0.4, 0.5) is 0 Å². The molecular formula is C13H19NO3S. The van der Waals surface area contributed by atoms with E-state index in [1.54, 1.807) is 32.9 Å². The van der Waals surface area contributed by atoms with Gasteiger partial charge in [-0.25, -0.2) is 0 Å². The third-order valence-electron chi connectivity index (χ3n) is 2.00. The highest BCUT2D eigenvalue weighted by molar-refractivity contribution is 7.89. The average Bonchev–Trinajstić information content (AvgIpc) is 2.24. The van der Waals surface area contributed by atoms with Crippen molar-refractivity contribution in [2.45, 2.75) is 38.2 Å². The van der Waals surface area contributed by atoms with Crippen LogP contribution in [-0.4, -0.2) is 22.7 Å². The fourth-order valence-corrected chi connectivity index (χ4v) is 2.05. The molecule has 1 unspecified atom stereocenters. The van der Waals surface area contributed by atoms with Crippen LogP contribution in [-0.2, 0) is 20.9 Å². The quantitative estimate of drug-likeness (QED) is 0.670. The van der Waals surface area contributed by atoms with E-state index in [0.717, 1.165) is 5.56 Å². The van der Waals surface area contributed by atoms with Crippen molar-refractivity contribution in [3.63, 3.8) is 0 Å². The highest BCUT2D eigenvalue weighted by atomic mass is 32.2. The molecule has 18 heavy (non-hydrogen) atoms. The molecule has 0 radical (unpaired) electrons. The highest BCUT2D eigenvalue weighted by Gasteiger charge is 2.18. The number of hydrogen-bond acceptors (Lipinski definition) is 4. The summed E-state index contributed by atoms with van der Waals surface area (Å²) in [5.41, 5.74) is 0.576. The van der Waals surface area contributed by atoms with Crippen molar-refractivity contribution in [3.8, 4) is 0 Å². The summed E-state index contributed by atoms with van der Waals surface area (Å²) in [6.45, 7) is 7.27. The van der Waals surface area contributed by atoms with Crippen LogP contribution in [0.5, 0.6) is 0 Å². The summed E-state index contributed by atoms with van der Waals surface area (Å²) in [4.78, 5) is 12.1. The molecule has 1 rings (SSSR count). The van der Waals surface area contributed by atoms with Crippen LogP contribution in [0, 0.1) is 6.92 Å². The molecule has 1 aromatic carbocycles. The Balaban J connectivity index is 2.44. The number of nitrogens with one attached hydrogen (secondary N) is 1. The summed E-state index contributed by atoms with van der Waals surface area (Å²) in [5.74, 6) is -0.414. The first-order valence-corrected chi connectivity index (χ1v) is 6.87. The second kappa shape index (κ2) is 6.22. The zero-order valence-electron chi connectivity index (χ0n) is 11.1. The van der Waals surface area contributed by atoms with Gasteiger partial charge in [-0.05, 0) is 39.8 Å². The molecule has 0 amide bonds. The first kappa shape index (κ1) is 15.0. The Labute approximate surface area is 111 Å². The lowest BCUT2D eigenvalue weighted by Gasteiger charge is -2.19. The van der Waals surface area contributed by atoms with E-state index < -0.39 is 22.9 Å². The lowest BCUT2D eigenvalue weighted by atomic mass is 10.2. The monoisotopic (exact) mass is 269 g/mol. The van der Waals surface area contributed by atoms with E-state index >= 15 is 0 Å². The molecule has 0 aromatic heterocycles. The number of esters is 1. The first-order chi connectivity index (χ1) is 8.28. The molecule has 0 spiro atoms. The van der Waals surface area contributed by atoms with Crippen molar-refractivity contribution in [2.75, 3.05) is 6.54 Å². The largest absolute Gasteiger partial charge is 0.593 e. The molecule has 0 aliphatic heterocycles. The van der Waals surface area contributed by atoms with E-state index in [4.69, 9.17) is 4.74 Å². The standard InChI is InChI=1S/C13H19NO3S/c1-10-5-7-11(8-6-10)18(16)14-9-12(15)17-13(2,3)4/h5-8,14H,9H2,1-4H3. The predicted octanol–water partition coefficient (Wildman–Crippen LogP) is 1.95. The number of aryl methyl sites for hydroxylation is 1. The normalized spacial score (nSPS) is 13.2. The summed E-state index contributed by atoms with van der Waals surface area (Å²) in [5, 5.41) is 0. The van der Waals surface area contributed by atoms with E-state index in [1.807, 2.05) is 19.1 Å². The van der Waals surface area contributed by atoms with Gasteiger partial charge in [0.25, 0.3) is 0 Å². The van der Waals surface area contributed by atoms with Crippen LogP contribution in [0.2, 0.25) is 0 Å². The number of ether oxygens (including phenoxy) is 1. The average molecular weight is 269 g/mol. The van der Waals surface area contributed by atoms with Crippen LogP contribution in [0.3, 0.4) is 0 Å². The minimum absolute atomic E-state index is 0.0717. The smallest absolute Gasteiger partial charge is 0.325 e. The molecule has 1 atom stereocenters. The van der Waals surface area contributed by atoms with Gasteiger partial charge in [0.1, 0.15) is 12.1 Å². The molecule has 0 bridgehead atoms. The van der Waals surface area contributed by atoms with E-state index in [-0.39, 0.29) is 6.54 Å². The molecule has 0 aliphatic carbocycles. The minimum Gasteiger partial charge on any atom is -0.593 e. The minimum atomic E-state index is -1.39. The fraction of sp³-hybridized carbons (Fsp3) is 0.462. The van der Waals surface area contributed by atoms with Crippen molar-refractivity contribution in [1.29, 1.82) is 0 Å². The van der Waals surface area contributed by atoms with Crippen LogP contribution < -0.4 is 4.72 Å². The number of benzene rings is 1. The van der Waals surface area contributed by atoms with Crippen molar-refractivity contribution >= 4 is 17.3 Å². The van der Waals surface area contributed by atoms with Crippen molar-refractivity contribution in [2.24, 2.45) is 0 Å². The zero-order chi connectivity index (χ0) is 13.8. The topological polar surface area (TPSA) is 61.4 Å². The van der Waals surface area contributed by atoms with E-state index in [9.17, 15) is 9.35 Å². The Kier molecular flexibility index (Phi) is 5.19. The van der Waals surface area contributed by atoms with Crippen molar-refractivity contribution in [3.05, 3.63) is 29.8 Å². The van der Waals surface area contributed by atoms with Gasteiger partial charge in [-0.3, -0.25) is 4.79 Å². The molecule has 100 valence electrons. The van der Waals surface area contributed by atoms with Crippen LogP contribution >= 0.6 is 0 Å². The van der Waals surface area contributed by atoms with Gasteiger partial charge in [0, 0.05) is 0 Å². The Bertz CT molecular complexity index is 398. The second-order valence-electron chi connectivity index (χ2n) is 4.99. The molecule has 0 heterocycles. The van der Waals surface area contributed by atoms with Crippen LogP contribution in [0.15, 0.2) is 29.2 Å². The van der Waals surface area contributed by atoms with E-state index in [0.29, 0.717) is 4.90 Å². The highest BCUT2D eigenvalue weighted by Crippen LogP contribution is 2.10. The van der Waals surface area contributed by atoms with Gasteiger partial charge in [0.2, 0.25) is 0 Å². The maximum absolute atomic E-state index is 11.8. The van der Waals surface area contributed by atoms with Crippen molar-refractivity contribution < 1.29 is 14.1 Å². The number of hydrogen-bond donors (Lipinski definition) is 1. The summed E-state index contributed by atoms with van der Waals surface area (Å²) < 4.78 is 19.6. The predicted molar refractivity (Wildman–Crippen MR) is 71.4 cm³/mol. The third-order valence-corrected chi connectivity index (χ3v) is 3.11. The summed E-state index contributed by atoms with van der Waals surface area (Å²) in [6.07, 6.45) is 0. The molecule has 1 aromatic rings. The summed E-state index contributed by atoms with van der Waals surface area (Å²) in [6, 6.07) is 7.30. The second-order valence-corrected chi connectivity index (χ2v) is 6.29. The molecule has 0 fully saturated rings. The molecule has 0 aliphatic rings. The van der Waals surface area contributed by atoms with Crippen molar-refractivity contribution in [1.82, 2.24) is 4.72 Å². The zero-order valence-corrected chi connectivity index (χ0v) is 12.0. The molecule has 5 heteroatoms. The lowest BCUT2D eigenvalue weighted by Crippen LogP contribution is -2.34. The third kappa shape index (κ3) is 5.53. The Morgan fingerprint density at radius 3 is 2.39 bits per heavy atom. The first-order valence-electron chi connectivity index (χ1n) is 5.72. The fourth-order valence-electron chi connectivity index (χ4n) is 1.25. The number of rotatable bonds is 4. The van der Waals surface area contributed by atoms with Gasteiger partial charge < -0.3 is 9.29 Å². The maximum atomic E-state index is 11.8. The summed E-state index contributed by atoms with van der Waals surface area (Å²) in [7, 11) is 0. The van der Waals surface area contributed by atoms with Gasteiger partial charge in [-0.2, -0.15) is 0 Å². The molecule has 0 saturated heterocycles. The Hall–Kier alpha value is -1.04. The van der Waals surface area contributed by atoms with Gasteiger partial charge in [-0.1, -0.05) is 17.7 Å². The molecule has 4 nitrogen and oxygen atoms in total. The van der Waals surface area contributed by atoms with Crippen LogP contribution in [0.1, 0.15) is 26.3 Å². The van der Waals surface area contributed by atoms with Gasteiger partial charge in [0.15, 0.2) is 4.90 Å². The molecular weight excluding hydrogens is 250 g/mol. The lowest BCUT2D eigenvalue weighted by molar-refractivity contribution is -0.153. The summed E-state index contributed by atoms with van der Waals surface area (Å²) >= 11 is -1.39. The van der Waals surface area contributed by atoms with Gasteiger partial charge in [0.05, 0.1) is 11.4 Å². The Morgan fingerprint density at radius 1 is 1.33 bits per heavy atom. The van der Waals surface area contributed by atoms with E-state index in [2.05, 4.69) is 4.72 Å². The molecule has 1 N–H and O–H groups in total. The Morgan fingerprint density at radius 2 is 1.89 bits per heavy atom. The number of carbonyl (C=O) groups excluding carboxylic acids is 1. The molecule has 0 saturated carbocycles. The van der Waals surface area contributed by atoms with Crippen LogP contribution in [0.25, 0.3) is 0 Å². The SMILES string of the molecule is Cc1ccc([S+]([O-])NCC(=O)OC(C)(C)C)cc1. The van der Waals surface area contributed by atoms with Gasteiger partial charge in [-0.15, -0.1) is 4.72 Å².